The number of aliphatic hydroxyl groups is 1. The molecule has 2 bridgehead atoms. The molecular formula is C8H14O. The van der Waals surface area contributed by atoms with Gasteiger partial charge in [-0.05, 0) is 36.5 Å². The minimum absolute atomic E-state index is 0.399. The number of hydrogen-bond acceptors (Lipinski definition) is 1. The number of rotatable bonds is 2. The van der Waals surface area contributed by atoms with Crippen LogP contribution in [0.5, 0.6) is 0 Å². The van der Waals surface area contributed by atoms with Gasteiger partial charge in [0.2, 0.25) is 0 Å². The second-order valence-electron chi connectivity index (χ2n) is 4.31. The molecule has 3 rings (SSSR count). The highest BCUT2D eigenvalue weighted by Gasteiger charge is 2.63. The van der Waals surface area contributed by atoms with E-state index in [4.69, 9.17) is 5.11 Å². The molecule has 0 spiro atoms. The third kappa shape index (κ3) is 0.586. The average Bonchev–Trinajstić information content (AvgIpc) is 1.60. The van der Waals surface area contributed by atoms with Crippen molar-refractivity contribution in [2.24, 2.45) is 10.8 Å². The van der Waals surface area contributed by atoms with E-state index in [9.17, 15) is 0 Å². The van der Waals surface area contributed by atoms with Gasteiger partial charge >= 0.3 is 0 Å². The van der Waals surface area contributed by atoms with E-state index in [1.807, 2.05) is 0 Å². The molecular weight excluding hydrogens is 112 g/mol. The zero-order chi connectivity index (χ0) is 6.54. The van der Waals surface area contributed by atoms with Gasteiger partial charge in [-0.3, -0.25) is 0 Å². The summed E-state index contributed by atoms with van der Waals surface area (Å²) in [6.45, 7) is 2.75. The molecule has 1 nitrogen and oxygen atoms in total. The topological polar surface area (TPSA) is 20.2 Å². The van der Waals surface area contributed by atoms with Crippen molar-refractivity contribution in [3.05, 3.63) is 0 Å². The van der Waals surface area contributed by atoms with Gasteiger partial charge in [0.05, 0.1) is 0 Å². The molecule has 9 heavy (non-hydrogen) atoms. The molecule has 0 saturated heterocycles. The number of hydrogen-bond donors (Lipinski definition) is 1. The first-order chi connectivity index (χ1) is 4.18. The molecule has 1 N–H and O–H groups in total. The molecule has 0 aromatic heterocycles. The van der Waals surface area contributed by atoms with Crippen molar-refractivity contribution in [2.75, 3.05) is 6.61 Å². The molecule has 0 heterocycles. The highest BCUT2D eigenvalue weighted by molar-refractivity contribution is 5.14. The van der Waals surface area contributed by atoms with Crippen molar-refractivity contribution in [1.82, 2.24) is 0 Å². The monoisotopic (exact) mass is 126 g/mol. The summed E-state index contributed by atoms with van der Waals surface area (Å²) in [6.07, 6.45) is 5.23. The van der Waals surface area contributed by atoms with Gasteiger partial charge in [0.25, 0.3) is 0 Å². The maximum Gasteiger partial charge on any atom is 0.0436 e. The molecule has 0 amide bonds. The molecule has 52 valence electrons. The second kappa shape index (κ2) is 1.34. The van der Waals surface area contributed by atoms with Crippen LogP contribution in [0.2, 0.25) is 0 Å². The molecule has 0 aromatic rings. The summed E-state index contributed by atoms with van der Waals surface area (Å²) in [4.78, 5) is 0. The van der Waals surface area contributed by atoms with E-state index in [-0.39, 0.29) is 0 Å². The van der Waals surface area contributed by atoms with Crippen LogP contribution in [0.15, 0.2) is 0 Å². The van der Waals surface area contributed by atoms with Crippen LogP contribution in [-0.2, 0) is 0 Å². The predicted molar refractivity (Wildman–Crippen MR) is 36.1 cm³/mol. The van der Waals surface area contributed by atoms with E-state index in [0.29, 0.717) is 12.0 Å². The average molecular weight is 126 g/mol. The summed E-state index contributed by atoms with van der Waals surface area (Å²) < 4.78 is 0. The molecule has 3 fully saturated rings. The van der Waals surface area contributed by atoms with Crippen LogP contribution >= 0.6 is 0 Å². The zero-order valence-corrected chi connectivity index (χ0v) is 5.98. The van der Waals surface area contributed by atoms with Crippen LogP contribution < -0.4 is 0 Å². The Labute approximate surface area is 56.1 Å². The van der Waals surface area contributed by atoms with Crippen molar-refractivity contribution in [1.29, 1.82) is 0 Å². The van der Waals surface area contributed by atoms with Crippen molar-refractivity contribution in [2.45, 2.75) is 32.6 Å². The first-order valence-electron chi connectivity index (χ1n) is 3.79. The van der Waals surface area contributed by atoms with Crippen molar-refractivity contribution in [3.63, 3.8) is 0 Å². The molecule has 3 aliphatic carbocycles. The smallest absolute Gasteiger partial charge is 0.0436 e. The molecule has 0 unspecified atom stereocenters. The Morgan fingerprint density at radius 2 is 1.89 bits per heavy atom. The lowest BCUT2D eigenvalue weighted by Crippen LogP contribution is -2.59. The van der Waals surface area contributed by atoms with E-state index in [2.05, 4.69) is 6.92 Å². The third-order valence-corrected chi connectivity index (χ3v) is 3.05. The second-order valence-corrected chi connectivity index (χ2v) is 4.31. The lowest BCUT2D eigenvalue weighted by Gasteiger charge is -2.70. The molecule has 0 atom stereocenters. The highest BCUT2D eigenvalue weighted by atomic mass is 16.3. The Morgan fingerprint density at radius 1 is 1.33 bits per heavy atom. The summed E-state index contributed by atoms with van der Waals surface area (Å²) in [5.41, 5.74) is 1.35. The Morgan fingerprint density at radius 3 is 2.22 bits per heavy atom. The molecule has 3 aliphatic rings. The van der Waals surface area contributed by atoms with Crippen LogP contribution in [0.3, 0.4) is 0 Å². The largest absolute Gasteiger partial charge is 0.396 e. The summed E-state index contributed by atoms with van der Waals surface area (Å²) in [7, 11) is 0. The number of aliphatic hydroxyl groups excluding tert-OH is 1. The molecule has 0 radical (unpaired) electrons. The van der Waals surface area contributed by atoms with E-state index in [1.165, 1.54) is 19.3 Å². The van der Waals surface area contributed by atoms with E-state index in [1.54, 1.807) is 0 Å². The third-order valence-electron chi connectivity index (χ3n) is 3.05. The Bertz CT molecular complexity index is 114. The fourth-order valence-corrected chi connectivity index (χ4v) is 3.06. The van der Waals surface area contributed by atoms with E-state index in [0.717, 1.165) is 11.8 Å². The first kappa shape index (κ1) is 5.72. The van der Waals surface area contributed by atoms with Crippen molar-refractivity contribution < 1.29 is 5.11 Å². The van der Waals surface area contributed by atoms with Crippen LogP contribution in [0.1, 0.15) is 32.6 Å². The van der Waals surface area contributed by atoms with Gasteiger partial charge in [0.15, 0.2) is 0 Å². The minimum atomic E-state index is 0.399. The molecule has 1 heteroatoms. The van der Waals surface area contributed by atoms with Gasteiger partial charge in [-0.2, -0.15) is 0 Å². The Hall–Kier alpha value is -0.0400. The van der Waals surface area contributed by atoms with Crippen LogP contribution in [0.25, 0.3) is 0 Å². The normalized spacial score (nSPS) is 54.0. The quantitative estimate of drug-likeness (QED) is 0.595. The summed E-state index contributed by atoms with van der Waals surface area (Å²) in [5, 5.41) is 8.68. The fourth-order valence-electron chi connectivity index (χ4n) is 3.06. The highest BCUT2D eigenvalue weighted by Crippen LogP contribution is 2.74. The van der Waals surface area contributed by atoms with Gasteiger partial charge in [0.1, 0.15) is 0 Å². The standard InChI is InChI=1S/C8H14O/c1-7-4-8(5-7,6-7)2-3-9/h9H,2-6H2,1H3. The molecule has 3 saturated carbocycles. The van der Waals surface area contributed by atoms with Gasteiger partial charge in [-0.1, -0.05) is 6.92 Å². The van der Waals surface area contributed by atoms with Crippen LogP contribution in [-0.4, -0.2) is 11.7 Å². The fraction of sp³-hybridized carbons (Fsp3) is 1.00. The van der Waals surface area contributed by atoms with Crippen molar-refractivity contribution in [3.8, 4) is 0 Å². The van der Waals surface area contributed by atoms with Gasteiger partial charge in [0, 0.05) is 6.61 Å². The predicted octanol–water partition coefficient (Wildman–Crippen LogP) is 1.56. The maximum absolute atomic E-state index is 8.68. The zero-order valence-electron chi connectivity index (χ0n) is 5.98. The summed E-state index contributed by atoms with van der Waals surface area (Å²) in [6, 6.07) is 0. The van der Waals surface area contributed by atoms with Crippen molar-refractivity contribution >= 4 is 0 Å². The van der Waals surface area contributed by atoms with Gasteiger partial charge in [-0.15, -0.1) is 0 Å². The summed E-state index contributed by atoms with van der Waals surface area (Å²) in [5.74, 6) is 0. The first-order valence-corrected chi connectivity index (χ1v) is 3.79. The van der Waals surface area contributed by atoms with Crippen LogP contribution in [0, 0.1) is 10.8 Å². The van der Waals surface area contributed by atoms with Gasteiger partial charge < -0.3 is 5.11 Å². The minimum Gasteiger partial charge on any atom is -0.396 e. The molecule has 0 aromatic carbocycles. The van der Waals surface area contributed by atoms with E-state index < -0.39 is 0 Å². The SMILES string of the molecule is CC12CC(CCO)(C1)C2. The van der Waals surface area contributed by atoms with Gasteiger partial charge in [-0.25, -0.2) is 0 Å². The summed E-state index contributed by atoms with van der Waals surface area (Å²) >= 11 is 0. The molecule has 0 aliphatic heterocycles. The lowest BCUT2D eigenvalue weighted by molar-refractivity contribution is -0.198. The maximum atomic E-state index is 8.68. The lowest BCUT2D eigenvalue weighted by atomic mass is 9.35. The van der Waals surface area contributed by atoms with E-state index >= 15 is 0 Å². The Kier molecular flexibility index (Phi) is 0.852. The van der Waals surface area contributed by atoms with Crippen LogP contribution in [0.4, 0.5) is 0 Å². The Balaban J connectivity index is 1.90.